The number of nitrogens with one attached hydrogen (secondary N) is 2. The quantitative estimate of drug-likeness (QED) is 0.363. The highest BCUT2D eigenvalue weighted by atomic mass is 16.5. The van der Waals surface area contributed by atoms with Gasteiger partial charge in [-0.05, 0) is 61.8 Å². The van der Waals surface area contributed by atoms with E-state index in [2.05, 4.69) is 25.8 Å². The number of hydrogen-bond donors (Lipinski definition) is 3. The van der Waals surface area contributed by atoms with Crippen LogP contribution in [0.25, 0.3) is 0 Å². The molecule has 4 heterocycles. The van der Waals surface area contributed by atoms with E-state index < -0.39 is 36.0 Å². The number of pyridine rings is 1. The second-order valence-corrected chi connectivity index (χ2v) is 14.1. The summed E-state index contributed by atoms with van der Waals surface area (Å²) in [6, 6.07) is 7.75. The van der Waals surface area contributed by atoms with Gasteiger partial charge in [-0.25, -0.2) is 0 Å². The van der Waals surface area contributed by atoms with Gasteiger partial charge in [-0.15, -0.1) is 0 Å². The van der Waals surface area contributed by atoms with Crippen molar-refractivity contribution < 1.29 is 33.5 Å². The molecule has 14 heteroatoms. The average molecular weight is 718 g/mol. The van der Waals surface area contributed by atoms with Gasteiger partial charge in [0.05, 0.1) is 11.7 Å². The van der Waals surface area contributed by atoms with Gasteiger partial charge in [-0.2, -0.15) is 4.98 Å². The predicted molar refractivity (Wildman–Crippen MR) is 191 cm³/mol. The summed E-state index contributed by atoms with van der Waals surface area (Å²) in [5, 5.41) is 20.5. The average Bonchev–Trinajstić information content (AvgIpc) is 3.82. The van der Waals surface area contributed by atoms with Crippen LogP contribution in [-0.2, 0) is 33.8 Å². The molecule has 4 amide bonds. The minimum absolute atomic E-state index is 0.0105. The van der Waals surface area contributed by atoms with Crippen molar-refractivity contribution in [2.24, 2.45) is 5.92 Å². The van der Waals surface area contributed by atoms with Crippen LogP contribution in [0, 0.1) is 5.92 Å². The zero-order valence-electron chi connectivity index (χ0n) is 30.3. The number of carbonyl (C=O) groups is 4. The molecule has 2 aromatic heterocycles. The maximum absolute atomic E-state index is 14.2. The van der Waals surface area contributed by atoms with Gasteiger partial charge < -0.3 is 34.8 Å². The van der Waals surface area contributed by atoms with E-state index in [9.17, 15) is 24.3 Å². The summed E-state index contributed by atoms with van der Waals surface area (Å²) in [5.74, 6) is -0.414. The molecule has 0 aliphatic carbocycles. The molecule has 3 aromatic rings. The van der Waals surface area contributed by atoms with Crippen LogP contribution in [-0.4, -0.2) is 98.0 Å². The molecule has 1 unspecified atom stereocenters. The molecule has 4 atom stereocenters. The normalized spacial score (nSPS) is 23.4. The summed E-state index contributed by atoms with van der Waals surface area (Å²) in [6.45, 7) is 4.30. The number of fused-ring (bicyclic) bond motifs is 4. The number of likely N-dealkylation sites (N-methyl/N-ethyl adjacent to an activating group) is 1. The molecule has 52 heavy (non-hydrogen) atoms. The molecule has 2 aliphatic rings. The number of aliphatic hydroxyl groups is 1. The van der Waals surface area contributed by atoms with Crippen molar-refractivity contribution in [2.75, 3.05) is 20.1 Å². The van der Waals surface area contributed by atoms with Crippen LogP contribution in [0.2, 0.25) is 0 Å². The van der Waals surface area contributed by atoms with Gasteiger partial charge in [0.2, 0.25) is 29.4 Å². The lowest BCUT2D eigenvalue weighted by Crippen LogP contribution is -2.57. The van der Waals surface area contributed by atoms with Crippen molar-refractivity contribution in [3.63, 3.8) is 0 Å². The number of β-amino-alcohol motifs (C(OH)–C–C–N with tert-alkyl or cyclic N) is 1. The van der Waals surface area contributed by atoms with Crippen molar-refractivity contribution in [1.82, 2.24) is 35.6 Å². The number of ether oxygens (including phenoxy) is 1. The lowest BCUT2D eigenvalue weighted by molar-refractivity contribution is -0.147. The first-order chi connectivity index (χ1) is 25.1. The smallest absolute Gasteiger partial charge is 0.255 e. The summed E-state index contributed by atoms with van der Waals surface area (Å²) < 4.78 is 11.4. The Morgan fingerprint density at radius 3 is 2.58 bits per heavy atom. The maximum Gasteiger partial charge on any atom is 0.255 e. The lowest BCUT2D eigenvalue weighted by Gasteiger charge is -2.34. The Bertz CT molecular complexity index is 1650. The van der Waals surface area contributed by atoms with E-state index in [0.717, 1.165) is 31.2 Å². The first kappa shape index (κ1) is 38.4. The fourth-order valence-corrected chi connectivity index (χ4v) is 6.77. The minimum Gasteiger partial charge on any atom is -0.485 e. The van der Waals surface area contributed by atoms with E-state index in [1.807, 2.05) is 19.9 Å². The topological polar surface area (TPSA) is 180 Å². The summed E-state index contributed by atoms with van der Waals surface area (Å²) >= 11 is 0. The monoisotopic (exact) mass is 717 g/mol. The van der Waals surface area contributed by atoms with E-state index in [-0.39, 0.29) is 42.9 Å². The number of aryl methyl sites for hydroxylation is 1. The molecular weight excluding hydrogens is 666 g/mol. The molecule has 2 bridgehead atoms. The highest BCUT2D eigenvalue weighted by molar-refractivity contribution is 6.00. The largest absolute Gasteiger partial charge is 0.485 e. The van der Waals surface area contributed by atoms with Crippen LogP contribution < -0.4 is 15.4 Å². The number of hydrogen-bond acceptors (Lipinski definition) is 10. The third-order valence-electron chi connectivity index (χ3n) is 9.59. The number of nitrogens with zero attached hydrogens (tertiary/aromatic N) is 5. The van der Waals surface area contributed by atoms with Gasteiger partial charge in [0, 0.05) is 45.4 Å². The standard InChI is InChI=1S/C38H51N7O7/c1-25(2)20-29-37(49)45-19-11-15-30(45)38(50)44(3)31(21-26-12-10-18-39-22-26)36(48)40-23-27(46)13-6-4-5-7-17-34-42-33(43-52-34)24-51-32-16-9-8-14-28(32)35(47)41-29/h8-10,12,14,16,18,22,25,27,29-31,46H,4-7,11,13,15,17,19-21,23-24H2,1-3H3,(H,40,48)(H,41,47)/t27?,29-,30-,31+/m1/s1. The van der Waals surface area contributed by atoms with Crippen molar-refractivity contribution in [1.29, 1.82) is 0 Å². The van der Waals surface area contributed by atoms with Crippen LogP contribution >= 0.6 is 0 Å². The SMILES string of the molecule is CC(C)C[C@H]1NC(=O)c2ccccc2OCc2noc(n2)CCCCCCC(O)CNC(=O)[C@H](Cc2cccnc2)N(C)C(=O)[C@H]2CCCN2C1=O. The van der Waals surface area contributed by atoms with Crippen LogP contribution in [0.4, 0.5) is 0 Å². The number of benzene rings is 1. The van der Waals surface area contributed by atoms with E-state index >= 15 is 0 Å². The third kappa shape index (κ3) is 10.4. The Hall–Kier alpha value is -4.85. The van der Waals surface area contributed by atoms with Gasteiger partial charge in [0.15, 0.2) is 6.61 Å². The number of para-hydroxylation sites is 1. The van der Waals surface area contributed by atoms with E-state index in [4.69, 9.17) is 9.26 Å². The third-order valence-corrected chi connectivity index (χ3v) is 9.59. The number of carbonyl (C=O) groups excluding carboxylic acids is 4. The first-order valence-electron chi connectivity index (χ1n) is 18.4. The van der Waals surface area contributed by atoms with Crippen molar-refractivity contribution >= 4 is 23.6 Å². The second-order valence-electron chi connectivity index (χ2n) is 14.1. The predicted octanol–water partition coefficient (Wildman–Crippen LogP) is 3.23. The second kappa shape index (κ2) is 18.6. The molecule has 0 radical (unpaired) electrons. The fraction of sp³-hybridized carbons (Fsp3) is 0.553. The van der Waals surface area contributed by atoms with Crippen molar-refractivity contribution in [3.05, 3.63) is 71.6 Å². The Morgan fingerprint density at radius 2 is 1.79 bits per heavy atom. The number of rotatable bonds is 4. The molecule has 1 saturated heterocycles. The first-order valence-corrected chi connectivity index (χ1v) is 18.4. The number of aliphatic hydroxyl groups excluding tert-OH is 1. The number of amides is 4. The van der Waals surface area contributed by atoms with Gasteiger partial charge in [0.25, 0.3) is 5.91 Å². The van der Waals surface area contributed by atoms with Gasteiger partial charge in [-0.3, -0.25) is 24.2 Å². The molecular formula is C38H51N7O7. The summed E-state index contributed by atoms with van der Waals surface area (Å²) in [6.07, 6.45) is 8.59. The molecule has 5 rings (SSSR count). The van der Waals surface area contributed by atoms with Crippen LogP contribution in [0.3, 0.4) is 0 Å². The Morgan fingerprint density at radius 1 is 0.981 bits per heavy atom. The highest BCUT2D eigenvalue weighted by Crippen LogP contribution is 2.25. The van der Waals surface area contributed by atoms with E-state index in [0.29, 0.717) is 56.1 Å². The minimum atomic E-state index is -0.909. The maximum atomic E-state index is 14.2. The lowest BCUT2D eigenvalue weighted by atomic mass is 10.0. The Balaban J connectivity index is 1.41. The summed E-state index contributed by atoms with van der Waals surface area (Å²) in [4.78, 5) is 67.5. The van der Waals surface area contributed by atoms with Gasteiger partial charge >= 0.3 is 0 Å². The van der Waals surface area contributed by atoms with Gasteiger partial charge in [0.1, 0.15) is 23.9 Å². The zero-order valence-corrected chi connectivity index (χ0v) is 30.3. The molecule has 2 aliphatic heterocycles. The molecule has 3 N–H and O–H groups in total. The van der Waals surface area contributed by atoms with Crippen LogP contribution in [0.5, 0.6) is 5.75 Å². The van der Waals surface area contributed by atoms with Crippen molar-refractivity contribution in [3.8, 4) is 5.75 Å². The summed E-state index contributed by atoms with van der Waals surface area (Å²) in [7, 11) is 1.58. The fourth-order valence-electron chi connectivity index (χ4n) is 6.77. The zero-order chi connectivity index (χ0) is 37.0. The highest BCUT2D eigenvalue weighted by Gasteiger charge is 2.41. The van der Waals surface area contributed by atoms with Gasteiger partial charge in [-0.1, -0.05) is 56.5 Å². The Kier molecular flexibility index (Phi) is 13.7. The molecule has 1 fully saturated rings. The Labute approximate surface area is 304 Å². The molecule has 0 spiro atoms. The molecule has 0 saturated carbocycles. The van der Waals surface area contributed by atoms with E-state index in [1.165, 1.54) is 9.80 Å². The van der Waals surface area contributed by atoms with Crippen molar-refractivity contribution in [2.45, 2.75) is 109 Å². The summed E-state index contributed by atoms with van der Waals surface area (Å²) in [5.41, 5.74) is 1.01. The molecule has 1 aromatic carbocycles. The molecule has 14 nitrogen and oxygen atoms in total. The number of aromatic nitrogens is 3. The van der Waals surface area contributed by atoms with Crippen LogP contribution in [0.15, 0.2) is 53.3 Å². The van der Waals surface area contributed by atoms with Crippen LogP contribution in [0.1, 0.15) is 92.9 Å². The molecule has 280 valence electrons. The van der Waals surface area contributed by atoms with E-state index in [1.54, 1.807) is 49.8 Å².